The zero-order chi connectivity index (χ0) is 13.8. The molecule has 5 heteroatoms. The van der Waals surface area contributed by atoms with Gasteiger partial charge in [-0.3, -0.25) is 0 Å². The molecule has 1 heterocycles. The average Bonchev–Trinajstić information content (AvgIpc) is 2.79. The van der Waals surface area contributed by atoms with Crippen molar-refractivity contribution in [1.82, 2.24) is 9.55 Å². The Hall–Kier alpha value is -2.14. The van der Waals surface area contributed by atoms with Gasteiger partial charge in [0.2, 0.25) is 0 Å². The van der Waals surface area contributed by atoms with Gasteiger partial charge in [0.15, 0.2) is 0 Å². The highest BCUT2D eigenvalue weighted by Crippen LogP contribution is 2.11. The quantitative estimate of drug-likeness (QED) is 0.846. The third-order valence-corrected chi connectivity index (χ3v) is 3.03. The largest absolute Gasteiger partial charge is 0.465 e. The van der Waals surface area contributed by atoms with Crippen LogP contribution in [0.1, 0.15) is 27.3 Å². The van der Waals surface area contributed by atoms with Gasteiger partial charge in [-0.15, -0.1) is 0 Å². The minimum atomic E-state index is -0.346. The number of imidazole rings is 1. The molecule has 1 N–H and O–H groups in total. The summed E-state index contributed by atoms with van der Waals surface area (Å²) in [6.07, 6.45) is 1.70. The van der Waals surface area contributed by atoms with Crippen LogP contribution in [0, 0.1) is 6.92 Å². The van der Waals surface area contributed by atoms with Crippen LogP contribution in [0.15, 0.2) is 30.6 Å². The fraction of sp³-hybridized carbons (Fsp3) is 0.286. The lowest BCUT2D eigenvalue weighted by Crippen LogP contribution is -2.05. The first-order valence-electron chi connectivity index (χ1n) is 5.94. The standard InChI is InChI=1S/C14H16N2O3/c1-10-13(8-17)16(9-15-10)7-11-3-5-12(6-4-11)14(18)19-2/h3-6,9,17H,7-8H2,1-2H3. The Morgan fingerprint density at radius 3 is 2.63 bits per heavy atom. The minimum Gasteiger partial charge on any atom is -0.465 e. The van der Waals surface area contributed by atoms with E-state index < -0.39 is 0 Å². The predicted molar refractivity (Wildman–Crippen MR) is 69.8 cm³/mol. The van der Waals surface area contributed by atoms with Crippen molar-refractivity contribution in [2.75, 3.05) is 7.11 Å². The fourth-order valence-electron chi connectivity index (χ4n) is 1.91. The molecule has 0 aliphatic rings. The number of aromatic nitrogens is 2. The third-order valence-electron chi connectivity index (χ3n) is 3.03. The molecular weight excluding hydrogens is 244 g/mol. The Bertz CT molecular complexity index is 573. The molecule has 2 rings (SSSR count). The van der Waals surface area contributed by atoms with Crippen molar-refractivity contribution < 1.29 is 14.6 Å². The Morgan fingerprint density at radius 1 is 1.37 bits per heavy atom. The maximum Gasteiger partial charge on any atom is 0.337 e. The van der Waals surface area contributed by atoms with Gasteiger partial charge >= 0.3 is 5.97 Å². The van der Waals surface area contributed by atoms with Gasteiger partial charge < -0.3 is 14.4 Å². The van der Waals surface area contributed by atoms with E-state index in [9.17, 15) is 9.90 Å². The van der Waals surface area contributed by atoms with Crippen LogP contribution in [-0.4, -0.2) is 27.7 Å². The van der Waals surface area contributed by atoms with Gasteiger partial charge in [0, 0.05) is 6.54 Å². The first-order chi connectivity index (χ1) is 9.15. The molecular formula is C14H16N2O3. The van der Waals surface area contributed by atoms with Crippen molar-refractivity contribution in [3.05, 3.63) is 53.1 Å². The van der Waals surface area contributed by atoms with Gasteiger partial charge in [-0.25, -0.2) is 9.78 Å². The molecule has 0 saturated carbocycles. The summed E-state index contributed by atoms with van der Waals surface area (Å²) in [6, 6.07) is 7.18. The molecule has 1 aromatic carbocycles. The number of hydrogen-bond acceptors (Lipinski definition) is 4. The van der Waals surface area contributed by atoms with Crippen LogP contribution in [-0.2, 0) is 17.9 Å². The molecule has 0 saturated heterocycles. The van der Waals surface area contributed by atoms with Crippen molar-refractivity contribution in [2.24, 2.45) is 0 Å². The van der Waals surface area contributed by atoms with E-state index in [2.05, 4.69) is 9.72 Å². The highest BCUT2D eigenvalue weighted by molar-refractivity contribution is 5.89. The molecule has 0 spiro atoms. The van der Waals surface area contributed by atoms with Gasteiger partial charge in [-0.2, -0.15) is 0 Å². The van der Waals surface area contributed by atoms with Crippen LogP contribution in [0.4, 0.5) is 0 Å². The van der Waals surface area contributed by atoms with Crippen LogP contribution in [0.2, 0.25) is 0 Å². The molecule has 0 atom stereocenters. The molecule has 1 aromatic heterocycles. The maximum atomic E-state index is 11.3. The molecule has 2 aromatic rings. The van der Waals surface area contributed by atoms with Crippen LogP contribution >= 0.6 is 0 Å². The maximum absolute atomic E-state index is 11.3. The summed E-state index contributed by atoms with van der Waals surface area (Å²) in [5.74, 6) is -0.346. The Balaban J connectivity index is 2.17. The van der Waals surface area contributed by atoms with Gasteiger partial charge in [0.25, 0.3) is 0 Å². The van der Waals surface area contributed by atoms with Gasteiger partial charge in [-0.1, -0.05) is 12.1 Å². The SMILES string of the molecule is COC(=O)c1ccc(Cn2cnc(C)c2CO)cc1. The zero-order valence-corrected chi connectivity index (χ0v) is 11.0. The second kappa shape index (κ2) is 5.67. The van der Waals surface area contributed by atoms with Crippen LogP contribution in [0.25, 0.3) is 0 Å². The summed E-state index contributed by atoms with van der Waals surface area (Å²) in [4.78, 5) is 15.5. The second-order valence-electron chi connectivity index (χ2n) is 4.25. The number of nitrogens with zero attached hydrogens (tertiary/aromatic N) is 2. The highest BCUT2D eigenvalue weighted by atomic mass is 16.5. The van der Waals surface area contributed by atoms with Crippen molar-refractivity contribution in [1.29, 1.82) is 0 Å². The van der Waals surface area contributed by atoms with E-state index in [0.29, 0.717) is 12.1 Å². The molecule has 100 valence electrons. The van der Waals surface area contributed by atoms with Crippen LogP contribution in [0.5, 0.6) is 0 Å². The van der Waals surface area contributed by atoms with E-state index in [1.807, 2.05) is 23.6 Å². The monoisotopic (exact) mass is 260 g/mol. The molecule has 0 aliphatic heterocycles. The topological polar surface area (TPSA) is 64.4 Å². The first-order valence-corrected chi connectivity index (χ1v) is 5.94. The van der Waals surface area contributed by atoms with E-state index >= 15 is 0 Å². The number of ether oxygens (including phenoxy) is 1. The number of carbonyl (C=O) groups excluding carboxylic acids is 1. The van der Waals surface area contributed by atoms with Gasteiger partial charge in [0.1, 0.15) is 0 Å². The number of aryl methyl sites for hydroxylation is 1. The average molecular weight is 260 g/mol. The van der Waals surface area contributed by atoms with Crippen molar-refractivity contribution in [3.63, 3.8) is 0 Å². The summed E-state index contributed by atoms with van der Waals surface area (Å²) in [5.41, 5.74) is 3.18. The first kappa shape index (κ1) is 13.3. The number of benzene rings is 1. The molecule has 0 radical (unpaired) electrons. The van der Waals surface area contributed by atoms with E-state index in [-0.39, 0.29) is 12.6 Å². The summed E-state index contributed by atoms with van der Waals surface area (Å²) >= 11 is 0. The Kier molecular flexibility index (Phi) is 3.97. The van der Waals surface area contributed by atoms with Crippen molar-refractivity contribution in [2.45, 2.75) is 20.1 Å². The molecule has 0 amide bonds. The van der Waals surface area contributed by atoms with Gasteiger partial charge in [0.05, 0.1) is 37.0 Å². The summed E-state index contributed by atoms with van der Waals surface area (Å²) in [5, 5.41) is 9.29. The number of rotatable bonds is 4. The third kappa shape index (κ3) is 2.82. The second-order valence-corrected chi connectivity index (χ2v) is 4.25. The zero-order valence-electron chi connectivity index (χ0n) is 11.0. The van der Waals surface area contributed by atoms with E-state index in [1.165, 1.54) is 7.11 Å². The number of esters is 1. The highest BCUT2D eigenvalue weighted by Gasteiger charge is 2.08. The predicted octanol–water partition coefficient (Wildman–Crippen LogP) is 1.52. The minimum absolute atomic E-state index is 0.0356. The molecule has 19 heavy (non-hydrogen) atoms. The lowest BCUT2D eigenvalue weighted by atomic mass is 10.1. The lowest BCUT2D eigenvalue weighted by Gasteiger charge is -2.07. The Labute approximate surface area is 111 Å². The van der Waals surface area contributed by atoms with E-state index in [0.717, 1.165) is 17.0 Å². The van der Waals surface area contributed by atoms with Crippen LogP contribution < -0.4 is 0 Å². The Morgan fingerprint density at radius 2 is 2.05 bits per heavy atom. The number of methoxy groups -OCH3 is 1. The fourth-order valence-corrected chi connectivity index (χ4v) is 1.91. The summed E-state index contributed by atoms with van der Waals surface area (Å²) in [6.45, 7) is 2.44. The molecule has 0 aliphatic carbocycles. The van der Waals surface area contributed by atoms with Crippen LogP contribution in [0.3, 0.4) is 0 Å². The smallest absolute Gasteiger partial charge is 0.337 e. The summed E-state index contributed by atoms with van der Waals surface area (Å²) in [7, 11) is 1.36. The number of aliphatic hydroxyl groups excluding tert-OH is 1. The lowest BCUT2D eigenvalue weighted by molar-refractivity contribution is 0.0600. The van der Waals surface area contributed by atoms with E-state index in [1.54, 1.807) is 18.5 Å². The molecule has 5 nitrogen and oxygen atoms in total. The number of hydrogen-bond donors (Lipinski definition) is 1. The van der Waals surface area contributed by atoms with Gasteiger partial charge in [-0.05, 0) is 24.6 Å². The molecule has 0 unspecified atom stereocenters. The normalized spacial score (nSPS) is 10.5. The number of aliphatic hydroxyl groups is 1. The van der Waals surface area contributed by atoms with Crippen molar-refractivity contribution in [3.8, 4) is 0 Å². The van der Waals surface area contributed by atoms with Crippen molar-refractivity contribution >= 4 is 5.97 Å². The summed E-state index contributed by atoms with van der Waals surface area (Å²) < 4.78 is 6.54. The molecule has 0 bridgehead atoms. The number of carbonyl (C=O) groups is 1. The van der Waals surface area contributed by atoms with E-state index in [4.69, 9.17) is 0 Å². The molecule has 0 fully saturated rings.